The molecule has 0 bridgehead atoms. The second kappa shape index (κ2) is 7.25. The van der Waals surface area contributed by atoms with E-state index in [-0.39, 0.29) is 17.7 Å². The minimum atomic E-state index is -0.722. The SMILES string of the molecule is NCC1(C(=O)NCC2CCCCC2C(=O)O)CCCCC1. The minimum Gasteiger partial charge on any atom is -0.481 e. The average molecular weight is 296 g/mol. The second-order valence-corrected chi connectivity index (χ2v) is 6.74. The molecule has 0 saturated heterocycles. The number of carbonyl (C=O) groups excluding carboxylic acids is 1. The van der Waals surface area contributed by atoms with Crippen LogP contribution >= 0.6 is 0 Å². The number of hydrogen-bond acceptors (Lipinski definition) is 3. The summed E-state index contributed by atoms with van der Waals surface area (Å²) >= 11 is 0. The lowest BCUT2D eigenvalue weighted by atomic mass is 9.73. The van der Waals surface area contributed by atoms with Crippen molar-refractivity contribution in [3.05, 3.63) is 0 Å². The molecule has 0 radical (unpaired) electrons. The maximum Gasteiger partial charge on any atom is 0.306 e. The molecule has 2 saturated carbocycles. The first-order valence-electron chi connectivity index (χ1n) is 8.30. The van der Waals surface area contributed by atoms with Crippen LogP contribution in [0.25, 0.3) is 0 Å². The van der Waals surface area contributed by atoms with Crippen LogP contribution in [0.3, 0.4) is 0 Å². The first-order valence-corrected chi connectivity index (χ1v) is 8.30. The van der Waals surface area contributed by atoms with Crippen LogP contribution in [0.1, 0.15) is 57.8 Å². The van der Waals surface area contributed by atoms with E-state index in [2.05, 4.69) is 5.32 Å². The van der Waals surface area contributed by atoms with Crippen LogP contribution in [-0.4, -0.2) is 30.1 Å². The number of carboxylic acid groups (broad SMARTS) is 1. The van der Waals surface area contributed by atoms with Gasteiger partial charge in [-0.25, -0.2) is 0 Å². The molecule has 1 amide bonds. The maximum atomic E-state index is 12.5. The van der Waals surface area contributed by atoms with E-state index in [0.717, 1.165) is 51.4 Å². The lowest BCUT2D eigenvalue weighted by molar-refractivity contribution is -0.145. The predicted molar refractivity (Wildman–Crippen MR) is 80.7 cm³/mol. The van der Waals surface area contributed by atoms with Crippen LogP contribution in [0, 0.1) is 17.3 Å². The summed E-state index contributed by atoms with van der Waals surface area (Å²) in [7, 11) is 0. The summed E-state index contributed by atoms with van der Waals surface area (Å²) in [6, 6.07) is 0. The first-order chi connectivity index (χ1) is 10.1. The van der Waals surface area contributed by atoms with Crippen LogP contribution in [0.4, 0.5) is 0 Å². The Kier molecular flexibility index (Phi) is 5.62. The van der Waals surface area contributed by atoms with Gasteiger partial charge in [-0.15, -0.1) is 0 Å². The standard InChI is InChI=1S/C16H28N2O3/c17-11-16(8-4-1-5-9-16)15(21)18-10-12-6-2-3-7-13(12)14(19)20/h12-13H,1-11,17H2,(H,18,21)(H,19,20). The number of nitrogens with two attached hydrogens (primary N) is 1. The normalized spacial score (nSPS) is 28.8. The van der Waals surface area contributed by atoms with Gasteiger partial charge in [-0.2, -0.15) is 0 Å². The summed E-state index contributed by atoms with van der Waals surface area (Å²) in [6.45, 7) is 0.878. The first kappa shape index (κ1) is 16.3. The minimum absolute atomic E-state index is 0.0411. The lowest BCUT2D eigenvalue weighted by Gasteiger charge is -2.36. The molecule has 2 aliphatic carbocycles. The molecule has 2 fully saturated rings. The molecule has 0 heterocycles. The van der Waals surface area contributed by atoms with Gasteiger partial charge in [0.15, 0.2) is 0 Å². The highest BCUT2D eigenvalue weighted by Gasteiger charge is 2.39. The van der Waals surface area contributed by atoms with Crippen molar-refractivity contribution in [2.24, 2.45) is 23.0 Å². The highest BCUT2D eigenvalue weighted by atomic mass is 16.4. The molecule has 5 heteroatoms. The van der Waals surface area contributed by atoms with Crippen molar-refractivity contribution in [2.75, 3.05) is 13.1 Å². The zero-order valence-electron chi connectivity index (χ0n) is 12.8. The topological polar surface area (TPSA) is 92.4 Å². The van der Waals surface area contributed by atoms with Crippen molar-refractivity contribution in [1.82, 2.24) is 5.32 Å². The number of aliphatic carboxylic acids is 1. The van der Waals surface area contributed by atoms with E-state index in [4.69, 9.17) is 5.73 Å². The van der Waals surface area contributed by atoms with Gasteiger partial charge in [-0.05, 0) is 31.6 Å². The summed E-state index contributed by atoms with van der Waals surface area (Å²) in [5.74, 6) is -0.919. The Morgan fingerprint density at radius 2 is 1.76 bits per heavy atom. The van der Waals surface area contributed by atoms with Crippen LogP contribution < -0.4 is 11.1 Å². The summed E-state index contributed by atoms with van der Waals surface area (Å²) in [6.07, 6.45) is 8.70. The Hall–Kier alpha value is -1.10. The summed E-state index contributed by atoms with van der Waals surface area (Å²) in [5.41, 5.74) is 5.46. The third kappa shape index (κ3) is 3.76. The van der Waals surface area contributed by atoms with Crippen LogP contribution in [-0.2, 0) is 9.59 Å². The molecule has 120 valence electrons. The fourth-order valence-electron chi connectivity index (χ4n) is 3.94. The van der Waals surface area contributed by atoms with E-state index < -0.39 is 11.4 Å². The zero-order valence-corrected chi connectivity index (χ0v) is 12.8. The Morgan fingerprint density at radius 3 is 2.38 bits per heavy atom. The monoisotopic (exact) mass is 296 g/mol. The molecule has 0 aliphatic heterocycles. The van der Waals surface area contributed by atoms with Crippen molar-refractivity contribution in [2.45, 2.75) is 57.8 Å². The van der Waals surface area contributed by atoms with Crippen molar-refractivity contribution < 1.29 is 14.7 Å². The van der Waals surface area contributed by atoms with Crippen molar-refractivity contribution in [1.29, 1.82) is 0 Å². The third-order valence-corrected chi connectivity index (χ3v) is 5.43. The number of hydrogen-bond donors (Lipinski definition) is 3. The molecular weight excluding hydrogens is 268 g/mol. The second-order valence-electron chi connectivity index (χ2n) is 6.74. The number of carbonyl (C=O) groups is 2. The molecule has 0 aromatic rings. The number of carboxylic acids is 1. The Morgan fingerprint density at radius 1 is 1.10 bits per heavy atom. The van der Waals surface area contributed by atoms with Gasteiger partial charge in [-0.3, -0.25) is 9.59 Å². The van der Waals surface area contributed by atoms with Crippen molar-refractivity contribution >= 4 is 11.9 Å². The van der Waals surface area contributed by atoms with Crippen LogP contribution in [0.15, 0.2) is 0 Å². The van der Waals surface area contributed by atoms with E-state index in [1.165, 1.54) is 6.42 Å². The summed E-state index contributed by atoms with van der Waals surface area (Å²) in [4.78, 5) is 23.8. The van der Waals surface area contributed by atoms with Gasteiger partial charge < -0.3 is 16.2 Å². The Labute approximate surface area is 126 Å². The maximum absolute atomic E-state index is 12.5. The summed E-state index contributed by atoms with van der Waals surface area (Å²) in [5, 5.41) is 12.3. The molecule has 2 atom stereocenters. The highest BCUT2D eigenvalue weighted by Crippen LogP contribution is 2.36. The van der Waals surface area contributed by atoms with Crippen LogP contribution in [0.2, 0.25) is 0 Å². The van der Waals surface area contributed by atoms with E-state index in [1.807, 2.05) is 0 Å². The van der Waals surface area contributed by atoms with E-state index in [0.29, 0.717) is 13.1 Å². The Bertz CT molecular complexity index is 378. The number of nitrogens with one attached hydrogen (secondary N) is 1. The molecule has 5 nitrogen and oxygen atoms in total. The highest BCUT2D eigenvalue weighted by molar-refractivity contribution is 5.83. The zero-order chi connectivity index (χ0) is 15.3. The van der Waals surface area contributed by atoms with Gasteiger partial charge in [-0.1, -0.05) is 32.1 Å². The molecule has 0 spiro atoms. The molecular formula is C16H28N2O3. The third-order valence-electron chi connectivity index (χ3n) is 5.43. The van der Waals surface area contributed by atoms with Gasteiger partial charge in [0, 0.05) is 13.1 Å². The largest absolute Gasteiger partial charge is 0.481 e. The van der Waals surface area contributed by atoms with Crippen molar-refractivity contribution in [3.8, 4) is 0 Å². The average Bonchev–Trinajstić information content (AvgIpc) is 2.53. The quantitative estimate of drug-likeness (QED) is 0.722. The molecule has 2 aliphatic rings. The lowest BCUT2D eigenvalue weighted by Crippen LogP contribution is -2.49. The van der Waals surface area contributed by atoms with E-state index >= 15 is 0 Å². The van der Waals surface area contributed by atoms with E-state index in [9.17, 15) is 14.7 Å². The molecule has 2 rings (SSSR count). The molecule has 0 aromatic carbocycles. The molecule has 21 heavy (non-hydrogen) atoms. The Balaban J connectivity index is 1.91. The fourth-order valence-corrected chi connectivity index (χ4v) is 3.94. The van der Waals surface area contributed by atoms with Gasteiger partial charge in [0.1, 0.15) is 0 Å². The van der Waals surface area contributed by atoms with Gasteiger partial charge in [0.05, 0.1) is 11.3 Å². The van der Waals surface area contributed by atoms with Crippen molar-refractivity contribution in [3.63, 3.8) is 0 Å². The van der Waals surface area contributed by atoms with Gasteiger partial charge >= 0.3 is 5.97 Å². The fraction of sp³-hybridized carbons (Fsp3) is 0.875. The van der Waals surface area contributed by atoms with Gasteiger partial charge in [0.2, 0.25) is 5.91 Å². The smallest absolute Gasteiger partial charge is 0.306 e. The summed E-state index contributed by atoms with van der Waals surface area (Å²) < 4.78 is 0. The number of amides is 1. The van der Waals surface area contributed by atoms with Gasteiger partial charge in [0.25, 0.3) is 0 Å². The number of rotatable bonds is 5. The predicted octanol–water partition coefficient (Wildman–Crippen LogP) is 1.90. The van der Waals surface area contributed by atoms with E-state index in [1.54, 1.807) is 0 Å². The molecule has 0 aromatic heterocycles. The van der Waals surface area contributed by atoms with Crippen LogP contribution in [0.5, 0.6) is 0 Å². The molecule has 4 N–H and O–H groups in total. The molecule has 2 unspecified atom stereocenters.